The number of rotatable bonds is 2. The number of benzene rings is 2. The minimum atomic E-state index is 0.274. The molecule has 0 heterocycles. The zero-order valence-corrected chi connectivity index (χ0v) is 11.9. The molecule has 0 spiro atoms. The summed E-state index contributed by atoms with van der Waals surface area (Å²) in [6.45, 7) is 4.83. The van der Waals surface area contributed by atoms with Crippen LogP contribution in [0.3, 0.4) is 0 Å². The van der Waals surface area contributed by atoms with Gasteiger partial charge in [-0.05, 0) is 47.3 Å². The molecule has 0 aromatic heterocycles. The van der Waals surface area contributed by atoms with Crippen molar-refractivity contribution < 1.29 is 0 Å². The van der Waals surface area contributed by atoms with Gasteiger partial charge >= 0.3 is 0 Å². The van der Waals surface area contributed by atoms with E-state index in [9.17, 15) is 0 Å². The Balaban J connectivity index is 2.05. The molecule has 2 atom stereocenters. The van der Waals surface area contributed by atoms with Gasteiger partial charge in [0.2, 0.25) is 0 Å². The van der Waals surface area contributed by atoms with Gasteiger partial charge in [0.15, 0.2) is 0 Å². The van der Waals surface area contributed by atoms with E-state index in [-0.39, 0.29) is 5.41 Å². The Morgan fingerprint density at radius 2 is 1.63 bits per heavy atom. The summed E-state index contributed by atoms with van der Waals surface area (Å²) in [7, 11) is 0. The van der Waals surface area contributed by atoms with E-state index in [0.717, 1.165) is 0 Å². The average molecular weight is 250 g/mol. The van der Waals surface area contributed by atoms with Crippen molar-refractivity contribution in [3.05, 3.63) is 71.3 Å². The van der Waals surface area contributed by atoms with Crippen molar-refractivity contribution >= 4 is 0 Å². The highest BCUT2D eigenvalue weighted by Gasteiger charge is 2.37. The van der Waals surface area contributed by atoms with Gasteiger partial charge in [-0.25, -0.2) is 0 Å². The molecule has 0 amide bonds. The lowest BCUT2D eigenvalue weighted by atomic mass is 9.63. The molecular weight excluding hydrogens is 228 g/mol. The molecule has 98 valence electrons. The summed E-state index contributed by atoms with van der Waals surface area (Å²) in [5.74, 6) is 0.565. The minimum Gasteiger partial charge on any atom is -0.0622 e. The highest BCUT2D eigenvalue weighted by Crippen LogP contribution is 2.46. The molecule has 3 rings (SSSR count). The van der Waals surface area contributed by atoms with Crippen LogP contribution in [0.4, 0.5) is 0 Å². The zero-order chi connectivity index (χ0) is 13.3. The standard InChI is InChI=1S/C19H22/c1-15(16-9-4-3-5-10-16)19(2)14-8-12-17-11-6-7-13-18(17)19/h3-7,9-11,13,15H,8,12,14H2,1-2H3. The average Bonchev–Trinajstić information content (AvgIpc) is 2.48. The Hall–Kier alpha value is -1.56. The van der Waals surface area contributed by atoms with E-state index in [4.69, 9.17) is 0 Å². The molecule has 2 unspecified atom stereocenters. The molecule has 0 radical (unpaired) electrons. The number of hydrogen-bond acceptors (Lipinski definition) is 0. The van der Waals surface area contributed by atoms with E-state index >= 15 is 0 Å². The molecule has 19 heavy (non-hydrogen) atoms. The first kappa shape index (κ1) is 12.5. The Bertz CT molecular complexity index is 555. The summed E-state index contributed by atoms with van der Waals surface area (Å²) in [5, 5.41) is 0. The van der Waals surface area contributed by atoms with Crippen LogP contribution in [-0.4, -0.2) is 0 Å². The smallest absolute Gasteiger partial charge is 0.000647 e. The first-order chi connectivity index (χ1) is 9.22. The molecule has 0 bridgehead atoms. The van der Waals surface area contributed by atoms with Crippen molar-refractivity contribution in [1.82, 2.24) is 0 Å². The summed E-state index contributed by atoms with van der Waals surface area (Å²) >= 11 is 0. The van der Waals surface area contributed by atoms with Gasteiger partial charge in [-0.15, -0.1) is 0 Å². The van der Waals surface area contributed by atoms with Crippen LogP contribution in [0.2, 0.25) is 0 Å². The predicted octanol–water partition coefficient (Wildman–Crippen LogP) is 5.08. The molecule has 1 aliphatic rings. The molecule has 0 N–H and O–H groups in total. The third kappa shape index (κ3) is 2.10. The monoisotopic (exact) mass is 250 g/mol. The molecule has 0 fully saturated rings. The molecule has 0 saturated heterocycles. The van der Waals surface area contributed by atoms with Gasteiger partial charge in [0.1, 0.15) is 0 Å². The van der Waals surface area contributed by atoms with Crippen LogP contribution in [0.1, 0.15) is 49.3 Å². The minimum absolute atomic E-state index is 0.274. The quantitative estimate of drug-likeness (QED) is 0.697. The molecule has 0 aliphatic heterocycles. The summed E-state index contributed by atoms with van der Waals surface area (Å²) in [4.78, 5) is 0. The van der Waals surface area contributed by atoms with Crippen molar-refractivity contribution in [3.63, 3.8) is 0 Å². The lowest BCUT2D eigenvalue weighted by molar-refractivity contribution is 0.336. The predicted molar refractivity (Wildman–Crippen MR) is 81.6 cm³/mol. The molecular formula is C19H22. The molecule has 0 heteroatoms. The van der Waals surface area contributed by atoms with Crippen LogP contribution in [0.5, 0.6) is 0 Å². The summed E-state index contributed by atoms with van der Waals surface area (Å²) in [5.41, 5.74) is 4.86. The molecule has 2 aromatic rings. The number of hydrogen-bond donors (Lipinski definition) is 0. The summed E-state index contributed by atoms with van der Waals surface area (Å²) in [6.07, 6.45) is 3.85. The molecule has 0 saturated carbocycles. The van der Waals surface area contributed by atoms with Crippen LogP contribution >= 0.6 is 0 Å². The van der Waals surface area contributed by atoms with E-state index in [1.54, 1.807) is 11.1 Å². The maximum atomic E-state index is 2.45. The van der Waals surface area contributed by atoms with E-state index in [2.05, 4.69) is 68.4 Å². The van der Waals surface area contributed by atoms with Gasteiger partial charge in [-0.1, -0.05) is 68.4 Å². The van der Waals surface area contributed by atoms with Gasteiger partial charge in [-0.2, -0.15) is 0 Å². The Labute approximate surface area is 116 Å². The van der Waals surface area contributed by atoms with Crippen molar-refractivity contribution in [2.75, 3.05) is 0 Å². The van der Waals surface area contributed by atoms with Crippen LogP contribution in [0.25, 0.3) is 0 Å². The van der Waals surface area contributed by atoms with E-state index in [1.165, 1.54) is 24.8 Å². The second-order valence-electron chi connectivity index (χ2n) is 6.06. The fourth-order valence-corrected chi connectivity index (χ4v) is 3.64. The van der Waals surface area contributed by atoms with Gasteiger partial charge in [-0.3, -0.25) is 0 Å². The van der Waals surface area contributed by atoms with E-state index < -0.39 is 0 Å². The van der Waals surface area contributed by atoms with Crippen LogP contribution < -0.4 is 0 Å². The summed E-state index contributed by atoms with van der Waals surface area (Å²) < 4.78 is 0. The normalized spacial score (nSPS) is 23.7. The van der Waals surface area contributed by atoms with Gasteiger partial charge < -0.3 is 0 Å². The first-order valence-electron chi connectivity index (χ1n) is 7.35. The van der Waals surface area contributed by atoms with E-state index in [0.29, 0.717) is 5.92 Å². The van der Waals surface area contributed by atoms with Crippen molar-refractivity contribution in [1.29, 1.82) is 0 Å². The van der Waals surface area contributed by atoms with Gasteiger partial charge in [0, 0.05) is 0 Å². The van der Waals surface area contributed by atoms with Gasteiger partial charge in [0.25, 0.3) is 0 Å². The Kier molecular flexibility index (Phi) is 3.18. The van der Waals surface area contributed by atoms with Crippen LogP contribution in [-0.2, 0) is 11.8 Å². The molecule has 1 aliphatic carbocycles. The lowest BCUT2D eigenvalue weighted by Crippen LogP contribution is -2.33. The maximum absolute atomic E-state index is 2.45. The highest BCUT2D eigenvalue weighted by molar-refractivity contribution is 5.40. The third-order valence-electron chi connectivity index (χ3n) is 5.03. The van der Waals surface area contributed by atoms with Crippen molar-refractivity contribution in [2.45, 2.75) is 44.4 Å². The van der Waals surface area contributed by atoms with E-state index in [1.807, 2.05) is 0 Å². The third-order valence-corrected chi connectivity index (χ3v) is 5.03. The molecule has 2 aromatic carbocycles. The largest absolute Gasteiger partial charge is 0.0622 e. The fourth-order valence-electron chi connectivity index (χ4n) is 3.64. The number of fused-ring (bicyclic) bond motifs is 1. The maximum Gasteiger partial charge on any atom is -0.000647 e. The van der Waals surface area contributed by atoms with Crippen molar-refractivity contribution in [3.8, 4) is 0 Å². The topological polar surface area (TPSA) is 0 Å². The Morgan fingerprint density at radius 3 is 2.42 bits per heavy atom. The first-order valence-corrected chi connectivity index (χ1v) is 7.35. The molecule has 0 nitrogen and oxygen atoms in total. The van der Waals surface area contributed by atoms with Crippen LogP contribution in [0, 0.1) is 0 Å². The highest BCUT2D eigenvalue weighted by atomic mass is 14.4. The second-order valence-corrected chi connectivity index (χ2v) is 6.06. The summed E-state index contributed by atoms with van der Waals surface area (Å²) in [6, 6.07) is 20.0. The van der Waals surface area contributed by atoms with Crippen molar-refractivity contribution in [2.24, 2.45) is 0 Å². The Morgan fingerprint density at radius 1 is 0.947 bits per heavy atom. The van der Waals surface area contributed by atoms with Gasteiger partial charge in [0.05, 0.1) is 0 Å². The SMILES string of the molecule is CC(c1ccccc1)C1(C)CCCc2ccccc21. The zero-order valence-electron chi connectivity index (χ0n) is 11.9. The second kappa shape index (κ2) is 4.85. The fraction of sp³-hybridized carbons (Fsp3) is 0.368. The number of aryl methyl sites for hydroxylation is 1. The lowest BCUT2D eigenvalue weighted by Gasteiger charge is -2.41. The van der Waals surface area contributed by atoms with Crippen LogP contribution in [0.15, 0.2) is 54.6 Å².